The van der Waals surface area contributed by atoms with E-state index in [4.69, 9.17) is 21.1 Å². The molecule has 0 unspecified atom stereocenters. The van der Waals surface area contributed by atoms with E-state index in [0.29, 0.717) is 53.6 Å². The molecule has 7 nitrogen and oxygen atoms in total. The number of piperidine rings is 1. The first-order chi connectivity index (χ1) is 14.4. The van der Waals surface area contributed by atoms with E-state index < -0.39 is 5.97 Å². The lowest BCUT2D eigenvalue weighted by Crippen LogP contribution is -2.46. The molecule has 1 aliphatic heterocycles. The van der Waals surface area contributed by atoms with Crippen LogP contribution in [-0.4, -0.2) is 48.9 Å². The summed E-state index contributed by atoms with van der Waals surface area (Å²) in [5.74, 6) is -0.0297. The normalized spacial score (nSPS) is 14.2. The fourth-order valence-corrected chi connectivity index (χ4v) is 3.55. The molecule has 0 spiro atoms. The van der Waals surface area contributed by atoms with Crippen LogP contribution in [0.5, 0.6) is 11.5 Å². The Bertz CT molecular complexity index is 954. The van der Waals surface area contributed by atoms with Gasteiger partial charge in [-0.3, -0.25) is 14.4 Å². The van der Waals surface area contributed by atoms with Crippen molar-refractivity contribution < 1.29 is 23.9 Å². The number of amides is 2. The topological polar surface area (TPSA) is 84.9 Å². The largest absolute Gasteiger partial charge is 0.496 e. The van der Waals surface area contributed by atoms with Crippen LogP contribution in [0.1, 0.15) is 40.5 Å². The highest BCUT2D eigenvalue weighted by atomic mass is 35.5. The molecule has 0 aliphatic carbocycles. The number of methoxy groups -OCH3 is 1. The van der Waals surface area contributed by atoms with Crippen molar-refractivity contribution in [3.05, 3.63) is 58.6 Å². The molecule has 1 N–H and O–H groups in total. The van der Waals surface area contributed by atoms with Crippen molar-refractivity contribution in [3.63, 3.8) is 0 Å². The quantitative estimate of drug-likeness (QED) is 0.581. The Morgan fingerprint density at radius 2 is 1.83 bits per heavy atom. The van der Waals surface area contributed by atoms with Crippen LogP contribution in [0.15, 0.2) is 42.5 Å². The molecule has 2 amide bonds. The average Bonchev–Trinajstić information content (AvgIpc) is 2.73. The maximum Gasteiger partial charge on any atom is 0.308 e. The van der Waals surface area contributed by atoms with Gasteiger partial charge in [-0.25, -0.2) is 0 Å². The lowest BCUT2D eigenvalue weighted by Gasteiger charge is -2.32. The van der Waals surface area contributed by atoms with Crippen molar-refractivity contribution >= 4 is 29.4 Å². The van der Waals surface area contributed by atoms with Gasteiger partial charge in [0, 0.05) is 36.6 Å². The summed E-state index contributed by atoms with van der Waals surface area (Å²) in [5, 5.41) is 3.45. The second-order valence-electron chi connectivity index (χ2n) is 7.01. The second-order valence-corrected chi connectivity index (χ2v) is 7.44. The number of esters is 1. The molecule has 0 radical (unpaired) electrons. The van der Waals surface area contributed by atoms with Gasteiger partial charge in [-0.1, -0.05) is 17.7 Å². The van der Waals surface area contributed by atoms with Crippen LogP contribution in [0.3, 0.4) is 0 Å². The average molecular weight is 431 g/mol. The van der Waals surface area contributed by atoms with E-state index in [1.54, 1.807) is 41.3 Å². The number of carbonyl (C=O) groups excluding carboxylic acids is 3. The van der Waals surface area contributed by atoms with Crippen LogP contribution < -0.4 is 14.8 Å². The summed E-state index contributed by atoms with van der Waals surface area (Å²) in [7, 11) is 1.51. The molecule has 0 aromatic heterocycles. The molecule has 1 fully saturated rings. The number of carbonyl (C=O) groups is 3. The molecule has 2 aromatic rings. The Labute approximate surface area is 179 Å². The van der Waals surface area contributed by atoms with Crippen molar-refractivity contribution in [2.45, 2.75) is 25.8 Å². The Balaban J connectivity index is 1.58. The number of benzene rings is 2. The highest BCUT2D eigenvalue weighted by Crippen LogP contribution is 2.25. The van der Waals surface area contributed by atoms with Gasteiger partial charge >= 0.3 is 5.97 Å². The Hall–Kier alpha value is -3.06. The molecule has 2 aromatic carbocycles. The van der Waals surface area contributed by atoms with E-state index in [9.17, 15) is 14.4 Å². The molecule has 8 heteroatoms. The highest BCUT2D eigenvalue weighted by Gasteiger charge is 2.26. The molecule has 1 heterocycles. The summed E-state index contributed by atoms with van der Waals surface area (Å²) >= 11 is 6.03. The number of nitrogens with one attached hydrogen (secondary N) is 1. The number of halogens is 1. The fourth-order valence-electron chi connectivity index (χ4n) is 3.38. The summed E-state index contributed by atoms with van der Waals surface area (Å²) in [4.78, 5) is 38.2. The maximum atomic E-state index is 12.9. The third kappa shape index (κ3) is 5.30. The molecule has 158 valence electrons. The maximum absolute atomic E-state index is 12.9. The van der Waals surface area contributed by atoms with Crippen LogP contribution in [-0.2, 0) is 4.79 Å². The lowest BCUT2D eigenvalue weighted by atomic mass is 10.0. The molecule has 0 saturated carbocycles. The predicted molar refractivity (Wildman–Crippen MR) is 112 cm³/mol. The monoisotopic (exact) mass is 430 g/mol. The van der Waals surface area contributed by atoms with Gasteiger partial charge in [0.1, 0.15) is 11.5 Å². The minimum atomic E-state index is -0.444. The molecular weight excluding hydrogens is 408 g/mol. The lowest BCUT2D eigenvalue weighted by molar-refractivity contribution is -0.131. The van der Waals surface area contributed by atoms with Gasteiger partial charge in [0.25, 0.3) is 11.8 Å². The third-order valence-corrected chi connectivity index (χ3v) is 5.10. The van der Waals surface area contributed by atoms with Gasteiger partial charge in [0.15, 0.2) is 0 Å². The van der Waals surface area contributed by atoms with E-state index >= 15 is 0 Å². The number of ether oxygens (including phenoxy) is 2. The van der Waals surface area contributed by atoms with Gasteiger partial charge < -0.3 is 19.7 Å². The predicted octanol–water partition coefficient (Wildman–Crippen LogP) is 3.31. The number of hydrogen-bond acceptors (Lipinski definition) is 5. The van der Waals surface area contributed by atoms with Crippen LogP contribution in [0, 0.1) is 0 Å². The molecule has 1 aliphatic rings. The Morgan fingerprint density at radius 3 is 2.50 bits per heavy atom. The van der Waals surface area contributed by atoms with Crippen molar-refractivity contribution in [1.29, 1.82) is 0 Å². The SMILES string of the molecule is COc1ccc(Cl)cc1C(=O)N1CCC(NC(=O)c2cccc(OC(C)=O)c2)CC1. The Kier molecular flexibility index (Phi) is 6.95. The molecule has 3 rings (SSSR count). The first-order valence-corrected chi connectivity index (χ1v) is 9.97. The zero-order valence-corrected chi connectivity index (χ0v) is 17.6. The van der Waals surface area contributed by atoms with Gasteiger partial charge in [0.05, 0.1) is 12.7 Å². The highest BCUT2D eigenvalue weighted by molar-refractivity contribution is 6.31. The van der Waals surface area contributed by atoms with E-state index in [2.05, 4.69) is 5.32 Å². The van der Waals surface area contributed by atoms with Crippen molar-refractivity contribution in [3.8, 4) is 11.5 Å². The van der Waals surface area contributed by atoms with Gasteiger partial charge in [-0.2, -0.15) is 0 Å². The van der Waals surface area contributed by atoms with Crippen molar-refractivity contribution in [2.24, 2.45) is 0 Å². The summed E-state index contributed by atoms with van der Waals surface area (Å²) < 4.78 is 10.3. The van der Waals surface area contributed by atoms with E-state index in [1.165, 1.54) is 20.1 Å². The van der Waals surface area contributed by atoms with Gasteiger partial charge in [-0.15, -0.1) is 0 Å². The Morgan fingerprint density at radius 1 is 1.10 bits per heavy atom. The molecule has 1 saturated heterocycles. The number of hydrogen-bond donors (Lipinski definition) is 1. The van der Waals surface area contributed by atoms with Crippen LogP contribution in [0.2, 0.25) is 5.02 Å². The molecular formula is C22H23ClN2O5. The number of nitrogens with zero attached hydrogens (tertiary/aromatic N) is 1. The summed E-state index contributed by atoms with van der Waals surface area (Å²) in [6.07, 6.45) is 1.26. The first-order valence-electron chi connectivity index (χ1n) is 9.59. The minimum Gasteiger partial charge on any atom is -0.496 e. The smallest absolute Gasteiger partial charge is 0.308 e. The molecule has 30 heavy (non-hydrogen) atoms. The summed E-state index contributed by atoms with van der Waals surface area (Å²) in [6, 6.07) is 11.4. The molecule has 0 bridgehead atoms. The minimum absolute atomic E-state index is 0.0554. The first kappa shape index (κ1) is 21.6. The number of rotatable bonds is 5. The van der Waals surface area contributed by atoms with Crippen molar-refractivity contribution in [2.75, 3.05) is 20.2 Å². The zero-order chi connectivity index (χ0) is 21.7. The van der Waals surface area contributed by atoms with Crippen molar-refractivity contribution in [1.82, 2.24) is 10.2 Å². The second kappa shape index (κ2) is 9.63. The fraction of sp³-hybridized carbons (Fsp3) is 0.318. The van der Waals surface area contributed by atoms with Gasteiger partial charge in [0.2, 0.25) is 0 Å². The van der Waals surface area contributed by atoms with Gasteiger partial charge in [-0.05, 0) is 49.2 Å². The van der Waals surface area contributed by atoms with Crippen LogP contribution in [0.25, 0.3) is 0 Å². The number of likely N-dealkylation sites (tertiary alicyclic amines) is 1. The van der Waals surface area contributed by atoms with Crippen LogP contribution >= 0.6 is 11.6 Å². The zero-order valence-electron chi connectivity index (χ0n) is 16.8. The molecule has 0 atom stereocenters. The summed E-state index contributed by atoms with van der Waals surface area (Å²) in [6.45, 7) is 2.32. The van der Waals surface area contributed by atoms with E-state index in [0.717, 1.165) is 0 Å². The summed E-state index contributed by atoms with van der Waals surface area (Å²) in [5.41, 5.74) is 0.839. The van der Waals surface area contributed by atoms with Crippen LogP contribution in [0.4, 0.5) is 0 Å². The third-order valence-electron chi connectivity index (χ3n) is 4.87. The van der Waals surface area contributed by atoms with E-state index in [-0.39, 0.29) is 17.9 Å². The van der Waals surface area contributed by atoms with E-state index in [1.807, 2.05) is 0 Å². The standard InChI is InChI=1S/C22H23ClN2O5/c1-14(26)30-18-5-3-4-15(12-18)21(27)24-17-8-10-25(11-9-17)22(28)19-13-16(23)6-7-20(19)29-2/h3-7,12-13,17H,8-11H2,1-2H3,(H,24,27).